The van der Waals surface area contributed by atoms with Crippen molar-refractivity contribution in [1.82, 2.24) is 20.4 Å². The van der Waals surface area contributed by atoms with Crippen LogP contribution in [0.4, 0.5) is 0 Å². The predicted molar refractivity (Wildman–Crippen MR) is 80.2 cm³/mol. The van der Waals surface area contributed by atoms with Crippen molar-refractivity contribution in [3.63, 3.8) is 0 Å². The number of hydrogen-bond acceptors (Lipinski definition) is 6. The fraction of sp³-hybridized carbons (Fsp3) is 0.538. The van der Waals surface area contributed by atoms with Gasteiger partial charge in [0.05, 0.1) is 11.1 Å². The Balaban J connectivity index is 1.81. The van der Waals surface area contributed by atoms with Crippen molar-refractivity contribution in [2.75, 3.05) is 26.2 Å². The van der Waals surface area contributed by atoms with E-state index >= 15 is 0 Å². The average Bonchev–Trinajstić information content (AvgIpc) is 3.08. The van der Waals surface area contributed by atoms with Crippen molar-refractivity contribution >= 4 is 22.9 Å². The topological polar surface area (TPSA) is 54.2 Å². The van der Waals surface area contributed by atoms with Crippen molar-refractivity contribution in [3.8, 4) is 10.8 Å². The fourth-order valence-electron chi connectivity index (χ4n) is 2.30. The Morgan fingerprint density at radius 3 is 2.85 bits per heavy atom. The van der Waals surface area contributed by atoms with E-state index in [0.29, 0.717) is 10.9 Å². The van der Waals surface area contributed by atoms with Gasteiger partial charge in [-0.1, -0.05) is 16.8 Å². The number of nitrogens with one attached hydrogen (secondary N) is 1. The van der Waals surface area contributed by atoms with Crippen LogP contribution < -0.4 is 5.32 Å². The monoisotopic (exact) mass is 312 g/mol. The highest BCUT2D eigenvalue weighted by atomic mass is 35.5. The van der Waals surface area contributed by atoms with E-state index in [1.807, 2.05) is 12.3 Å². The molecule has 1 atom stereocenters. The van der Waals surface area contributed by atoms with Crippen molar-refractivity contribution in [3.05, 3.63) is 21.8 Å². The molecule has 2 aromatic heterocycles. The van der Waals surface area contributed by atoms with Crippen LogP contribution in [0.25, 0.3) is 10.8 Å². The Kier molecular flexibility index (Phi) is 4.07. The highest BCUT2D eigenvalue weighted by molar-refractivity contribution is 7.14. The molecule has 1 saturated heterocycles. The van der Waals surface area contributed by atoms with E-state index in [1.54, 1.807) is 0 Å². The van der Waals surface area contributed by atoms with Crippen molar-refractivity contribution in [2.45, 2.75) is 19.9 Å². The van der Waals surface area contributed by atoms with Crippen LogP contribution in [-0.4, -0.2) is 41.2 Å². The smallest absolute Gasteiger partial charge is 0.269 e. The molecule has 3 heterocycles. The highest BCUT2D eigenvalue weighted by Crippen LogP contribution is 2.35. The van der Waals surface area contributed by atoms with Gasteiger partial charge in [-0.3, -0.25) is 4.90 Å². The van der Waals surface area contributed by atoms with E-state index in [-0.39, 0.29) is 6.04 Å². The number of piperazine rings is 1. The molecule has 3 rings (SSSR count). The van der Waals surface area contributed by atoms with E-state index in [1.165, 1.54) is 11.3 Å². The molecule has 20 heavy (non-hydrogen) atoms. The van der Waals surface area contributed by atoms with Crippen LogP contribution >= 0.6 is 22.9 Å². The first kappa shape index (κ1) is 14.0. The summed E-state index contributed by atoms with van der Waals surface area (Å²) >= 11 is 7.78. The zero-order valence-electron chi connectivity index (χ0n) is 11.5. The Morgan fingerprint density at radius 2 is 2.20 bits per heavy atom. The first-order chi connectivity index (χ1) is 9.66. The first-order valence-electron chi connectivity index (χ1n) is 6.69. The predicted octanol–water partition coefficient (Wildman–Crippen LogP) is 2.73. The Bertz CT molecular complexity index is 591. The lowest BCUT2D eigenvalue weighted by Gasteiger charge is -2.30. The van der Waals surface area contributed by atoms with Gasteiger partial charge in [0.25, 0.3) is 5.89 Å². The van der Waals surface area contributed by atoms with Crippen LogP contribution in [0, 0.1) is 6.92 Å². The molecule has 7 heteroatoms. The SMILES string of the molecule is Cc1csc(-c2nc(C(C)N3CCNCC3)no2)c1Cl. The van der Waals surface area contributed by atoms with Gasteiger partial charge in [0, 0.05) is 26.2 Å². The average molecular weight is 313 g/mol. The molecule has 0 spiro atoms. The van der Waals surface area contributed by atoms with Gasteiger partial charge in [0.2, 0.25) is 0 Å². The van der Waals surface area contributed by atoms with Gasteiger partial charge >= 0.3 is 0 Å². The van der Waals surface area contributed by atoms with Crippen LogP contribution in [0.5, 0.6) is 0 Å². The molecule has 108 valence electrons. The summed E-state index contributed by atoms with van der Waals surface area (Å²) in [5, 5.41) is 10.2. The van der Waals surface area contributed by atoms with E-state index < -0.39 is 0 Å². The Morgan fingerprint density at radius 1 is 1.45 bits per heavy atom. The highest BCUT2D eigenvalue weighted by Gasteiger charge is 2.24. The summed E-state index contributed by atoms with van der Waals surface area (Å²) in [6.45, 7) is 8.11. The van der Waals surface area contributed by atoms with Gasteiger partial charge in [-0.2, -0.15) is 4.98 Å². The quantitative estimate of drug-likeness (QED) is 0.944. The molecule has 1 aliphatic rings. The van der Waals surface area contributed by atoms with Crippen molar-refractivity contribution < 1.29 is 4.52 Å². The van der Waals surface area contributed by atoms with Crippen molar-refractivity contribution in [2.24, 2.45) is 0 Å². The number of hydrogen-bond donors (Lipinski definition) is 1. The molecule has 0 radical (unpaired) electrons. The van der Waals surface area contributed by atoms with Gasteiger partial charge in [-0.25, -0.2) is 0 Å². The van der Waals surface area contributed by atoms with Gasteiger partial charge in [0.15, 0.2) is 5.82 Å². The lowest BCUT2D eigenvalue weighted by atomic mass is 10.2. The second-order valence-corrected chi connectivity index (χ2v) is 6.24. The molecule has 1 N–H and O–H groups in total. The minimum atomic E-state index is 0.162. The first-order valence-corrected chi connectivity index (χ1v) is 7.95. The number of thiophene rings is 1. The molecule has 0 amide bonds. The fourth-order valence-corrected chi connectivity index (χ4v) is 3.50. The Hall–Kier alpha value is -0.950. The summed E-state index contributed by atoms with van der Waals surface area (Å²) in [4.78, 5) is 7.73. The minimum Gasteiger partial charge on any atom is -0.333 e. The lowest BCUT2D eigenvalue weighted by Crippen LogP contribution is -2.44. The van der Waals surface area contributed by atoms with Crippen LogP contribution in [0.1, 0.15) is 24.4 Å². The number of rotatable bonds is 3. The third-order valence-electron chi connectivity index (χ3n) is 3.61. The summed E-state index contributed by atoms with van der Waals surface area (Å²) in [5.41, 5.74) is 1.04. The molecule has 0 saturated carbocycles. The molecule has 2 aromatic rings. The van der Waals surface area contributed by atoms with Crippen molar-refractivity contribution in [1.29, 1.82) is 0 Å². The summed E-state index contributed by atoms with van der Waals surface area (Å²) in [5.74, 6) is 1.24. The summed E-state index contributed by atoms with van der Waals surface area (Å²) < 4.78 is 5.38. The number of aromatic nitrogens is 2. The molecule has 0 aliphatic carbocycles. The summed E-state index contributed by atoms with van der Waals surface area (Å²) in [6.07, 6.45) is 0. The van der Waals surface area contributed by atoms with Crippen LogP contribution in [-0.2, 0) is 0 Å². The molecule has 0 bridgehead atoms. The maximum Gasteiger partial charge on any atom is 0.269 e. The number of nitrogens with zero attached hydrogens (tertiary/aromatic N) is 3. The maximum atomic E-state index is 6.24. The standard InChI is InChI=1S/C13H17ClN4OS/c1-8-7-20-11(10(8)14)13-16-12(17-19-13)9(2)18-5-3-15-4-6-18/h7,9,15H,3-6H2,1-2H3. The van der Waals surface area contributed by atoms with Gasteiger partial charge in [0.1, 0.15) is 4.88 Å². The maximum absolute atomic E-state index is 6.24. The minimum absolute atomic E-state index is 0.162. The third-order valence-corrected chi connectivity index (χ3v) is 5.29. The lowest BCUT2D eigenvalue weighted by molar-refractivity contribution is 0.176. The third kappa shape index (κ3) is 2.61. The second-order valence-electron chi connectivity index (χ2n) is 4.98. The molecule has 1 fully saturated rings. The molecule has 5 nitrogen and oxygen atoms in total. The van der Waals surface area contributed by atoms with E-state index in [2.05, 4.69) is 27.3 Å². The molecule has 1 unspecified atom stereocenters. The number of halogens is 1. The van der Waals surface area contributed by atoms with Gasteiger partial charge in [-0.15, -0.1) is 11.3 Å². The normalized spacial score (nSPS) is 18.4. The molecular formula is C13H17ClN4OS. The zero-order chi connectivity index (χ0) is 14.1. The van der Waals surface area contributed by atoms with E-state index in [9.17, 15) is 0 Å². The summed E-state index contributed by atoms with van der Waals surface area (Å²) in [6, 6.07) is 0.162. The van der Waals surface area contributed by atoms with Gasteiger partial charge < -0.3 is 9.84 Å². The second kappa shape index (κ2) is 5.81. The zero-order valence-corrected chi connectivity index (χ0v) is 13.1. The van der Waals surface area contributed by atoms with Crippen LogP contribution in [0.3, 0.4) is 0 Å². The molecule has 0 aromatic carbocycles. The van der Waals surface area contributed by atoms with E-state index in [0.717, 1.165) is 42.4 Å². The summed E-state index contributed by atoms with van der Waals surface area (Å²) in [7, 11) is 0. The Labute approximate surface area is 126 Å². The van der Waals surface area contributed by atoms with Gasteiger partial charge in [-0.05, 0) is 24.8 Å². The molecule has 1 aliphatic heterocycles. The number of aryl methyl sites for hydroxylation is 1. The largest absolute Gasteiger partial charge is 0.333 e. The van der Waals surface area contributed by atoms with Crippen LogP contribution in [0.15, 0.2) is 9.90 Å². The molecular weight excluding hydrogens is 296 g/mol. The van der Waals surface area contributed by atoms with E-state index in [4.69, 9.17) is 16.1 Å². The van der Waals surface area contributed by atoms with Crippen LogP contribution in [0.2, 0.25) is 5.02 Å².